The first-order valence-corrected chi connectivity index (χ1v) is 12.9. The molecule has 0 bridgehead atoms. The van der Waals surface area contributed by atoms with Gasteiger partial charge >= 0.3 is 0 Å². The fraction of sp³-hybridized carbons (Fsp3) is 0.355. The fourth-order valence-electron chi connectivity index (χ4n) is 4.94. The Morgan fingerprint density at radius 1 is 0.861 bits per heavy atom. The smallest absolute Gasteiger partial charge is 0.243 e. The summed E-state index contributed by atoms with van der Waals surface area (Å²) >= 11 is 0. The molecule has 36 heavy (non-hydrogen) atoms. The molecule has 1 saturated carbocycles. The Hall–Kier alpha value is -3.60. The molecule has 1 atom stereocenters. The van der Waals surface area contributed by atoms with Crippen LogP contribution in [0.15, 0.2) is 84.9 Å². The molecule has 188 valence electrons. The van der Waals surface area contributed by atoms with Crippen molar-refractivity contribution in [1.82, 2.24) is 10.2 Å². The van der Waals surface area contributed by atoms with Gasteiger partial charge in [-0.15, -0.1) is 0 Å². The number of carbonyl (C=O) groups is 2. The second kappa shape index (κ2) is 12.9. The summed E-state index contributed by atoms with van der Waals surface area (Å²) in [6.07, 6.45) is 6.19. The zero-order valence-corrected chi connectivity index (χ0v) is 21.1. The molecule has 5 nitrogen and oxygen atoms in total. The van der Waals surface area contributed by atoms with Gasteiger partial charge in [0, 0.05) is 19.0 Å². The maximum atomic E-state index is 13.8. The first-order valence-electron chi connectivity index (χ1n) is 12.9. The van der Waals surface area contributed by atoms with Crippen molar-refractivity contribution in [2.24, 2.45) is 0 Å². The molecule has 1 fully saturated rings. The van der Waals surface area contributed by atoms with Crippen molar-refractivity contribution in [2.75, 3.05) is 7.11 Å². The van der Waals surface area contributed by atoms with Crippen molar-refractivity contribution in [2.45, 2.75) is 63.6 Å². The van der Waals surface area contributed by atoms with Crippen LogP contribution in [-0.4, -0.2) is 35.9 Å². The van der Waals surface area contributed by atoms with Gasteiger partial charge in [-0.3, -0.25) is 9.59 Å². The fourth-order valence-corrected chi connectivity index (χ4v) is 4.94. The van der Waals surface area contributed by atoms with Crippen LogP contribution in [0.3, 0.4) is 0 Å². The first-order chi connectivity index (χ1) is 17.6. The van der Waals surface area contributed by atoms with Gasteiger partial charge in [0.25, 0.3) is 0 Å². The van der Waals surface area contributed by atoms with E-state index in [0.29, 0.717) is 13.0 Å². The van der Waals surface area contributed by atoms with Gasteiger partial charge in [-0.25, -0.2) is 0 Å². The van der Waals surface area contributed by atoms with Gasteiger partial charge in [0.15, 0.2) is 0 Å². The maximum Gasteiger partial charge on any atom is 0.243 e. The van der Waals surface area contributed by atoms with Crippen molar-refractivity contribution in [1.29, 1.82) is 0 Å². The van der Waals surface area contributed by atoms with Gasteiger partial charge in [0.05, 0.1) is 13.5 Å². The Bertz CT molecular complexity index is 1110. The second-order valence-corrected chi connectivity index (χ2v) is 9.58. The molecule has 0 unspecified atom stereocenters. The standard InChI is InChI=1S/C31H36N2O3/c1-36-28-19-11-16-26(20-28)23-33(30(34)22-25-14-7-3-8-15-25)29(21-24-12-5-2-6-13-24)31(35)32-27-17-9-4-10-18-27/h2-3,5-8,11-16,19-20,27,29H,4,9-10,17-18,21-23H2,1H3,(H,32,35)/t29-/m1/s1. The van der Waals surface area contributed by atoms with Gasteiger partial charge in [0.1, 0.15) is 11.8 Å². The highest BCUT2D eigenvalue weighted by Gasteiger charge is 2.32. The summed E-state index contributed by atoms with van der Waals surface area (Å²) in [5, 5.41) is 3.29. The number of nitrogens with zero attached hydrogens (tertiary/aromatic N) is 1. The van der Waals surface area contributed by atoms with Gasteiger partial charge in [-0.05, 0) is 41.7 Å². The average molecular weight is 485 g/mol. The number of ether oxygens (including phenoxy) is 1. The quantitative estimate of drug-likeness (QED) is 0.423. The normalized spacial score (nSPS) is 14.6. The van der Waals surface area contributed by atoms with Crippen LogP contribution in [-0.2, 0) is 29.0 Å². The van der Waals surface area contributed by atoms with Gasteiger partial charge in [-0.1, -0.05) is 92.1 Å². The summed E-state index contributed by atoms with van der Waals surface area (Å²) < 4.78 is 5.41. The zero-order chi connectivity index (χ0) is 25.2. The van der Waals surface area contributed by atoms with Crippen LogP contribution < -0.4 is 10.1 Å². The second-order valence-electron chi connectivity index (χ2n) is 9.58. The third-order valence-electron chi connectivity index (χ3n) is 6.91. The monoisotopic (exact) mass is 484 g/mol. The molecule has 5 heteroatoms. The lowest BCUT2D eigenvalue weighted by molar-refractivity contribution is -0.141. The molecule has 0 saturated heterocycles. The summed E-state index contributed by atoms with van der Waals surface area (Å²) in [4.78, 5) is 29.4. The predicted molar refractivity (Wildman–Crippen MR) is 143 cm³/mol. The number of amides is 2. The van der Waals surface area contributed by atoms with Crippen LogP contribution >= 0.6 is 0 Å². The number of hydrogen-bond acceptors (Lipinski definition) is 3. The molecule has 1 aliphatic carbocycles. The number of methoxy groups -OCH3 is 1. The van der Waals surface area contributed by atoms with Crippen LogP contribution in [0.4, 0.5) is 0 Å². The number of carbonyl (C=O) groups excluding carboxylic acids is 2. The van der Waals surface area contributed by atoms with Crippen molar-refractivity contribution in [3.05, 3.63) is 102 Å². The minimum Gasteiger partial charge on any atom is -0.497 e. The molecule has 3 aromatic carbocycles. The maximum absolute atomic E-state index is 13.8. The molecule has 3 aromatic rings. The molecule has 0 aliphatic heterocycles. The van der Waals surface area contributed by atoms with Gasteiger partial charge < -0.3 is 15.0 Å². The molecular formula is C31H36N2O3. The topological polar surface area (TPSA) is 58.6 Å². The lowest BCUT2D eigenvalue weighted by atomic mass is 9.94. The Labute approximate surface area is 214 Å². The SMILES string of the molecule is COc1cccc(CN(C(=O)Cc2ccccc2)[C@H](Cc2ccccc2)C(=O)NC2CCCCC2)c1. The highest BCUT2D eigenvalue weighted by Crippen LogP contribution is 2.21. The number of benzene rings is 3. The van der Waals surface area contributed by atoms with E-state index in [1.165, 1.54) is 6.42 Å². The summed E-state index contributed by atoms with van der Waals surface area (Å²) in [5.74, 6) is 0.591. The lowest BCUT2D eigenvalue weighted by Gasteiger charge is -2.33. The third kappa shape index (κ3) is 7.20. The summed E-state index contributed by atoms with van der Waals surface area (Å²) in [7, 11) is 1.63. The summed E-state index contributed by atoms with van der Waals surface area (Å²) in [5.41, 5.74) is 2.90. The lowest BCUT2D eigenvalue weighted by Crippen LogP contribution is -2.53. The van der Waals surface area contributed by atoms with Crippen LogP contribution in [0.5, 0.6) is 5.75 Å². The number of rotatable bonds is 10. The van der Waals surface area contributed by atoms with E-state index in [0.717, 1.165) is 48.1 Å². The average Bonchev–Trinajstić information content (AvgIpc) is 2.92. The minimum absolute atomic E-state index is 0.0660. The van der Waals surface area contributed by atoms with Crippen molar-refractivity contribution in [3.8, 4) is 5.75 Å². The van der Waals surface area contributed by atoms with Crippen molar-refractivity contribution in [3.63, 3.8) is 0 Å². The first kappa shape index (κ1) is 25.5. The molecule has 0 aromatic heterocycles. The van der Waals surface area contributed by atoms with E-state index in [9.17, 15) is 9.59 Å². The van der Waals surface area contributed by atoms with Crippen LogP contribution in [0.25, 0.3) is 0 Å². The number of nitrogens with one attached hydrogen (secondary N) is 1. The highest BCUT2D eigenvalue weighted by molar-refractivity contribution is 5.89. The Balaban J connectivity index is 1.65. The predicted octanol–water partition coefficient (Wildman–Crippen LogP) is 5.33. The molecule has 1 N–H and O–H groups in total. The van der Waals surface area contributed by atoms with E-state index < -0.39 is 6.04 Å². The minimum atomic E-state index is -0.614. The van der Waals surface area contributed by atoms with Crippen molar-refractivity contribution >= 4 is 11.8 Å². The molecule has 1 aliphatic rings. The highest BCUT2D eigenvalue weighted by atomic mass is 16.5. The Morgan fingerprint density at radius 2 is 1.50 bits per heavy atom. The molecule has 0 radical (unpaired) electrons. The van der Waals surface area contributed by atoms with Crippen molar-refractivity contribution < 1.29 is 14.3 Å². The molecule has 2 amide bonds. The zero-order valence-electron chi connectivity index (χ0n) is 21.1. The van der Waals surface area contributed by atoms with E-state index in [1.54, 1.807) is 12.0 Å². The van der Waals surface area contributed by atoms with Gasteiger partial charge in [0.2, 0.25) is 11.8 Å². The Kier molecular flexibility index (Phi) is 9.15. The van der Waals surface area contributed by atoms with Gasteiger partial charge in [-0.2, -0.15) is 0 Å². The Morgan fingerprint density at radius 3 is 2.17 bits per heavy atom. The van der Waals surface area contributed by atoms with E-state index in [1.807, 2.05) is 84.9 Å². The molecular weight excluding hydrogens is 448 g/mol. The van der Waals surface area contributed by atoms with E-state index >= 15 is 0 Å². The van der Waals surface area contributed by atoms with Crippen LogP contribution in [0, 0.1) is 0 Å². The largest absolute Gasteiger partial charge is 0.497 e. The van der Waals surface area contributed by atoms with E-state index in [2.05, 4.69) is 5.32 Å². The molecule has 0 spiro atoms. The van der Waals surface area contributed by atoms with E-state index in [-0.39, 0.29) is 24.3 Å². The number of hydrogen-bond donors (Lipinski definition) is 1. The third-order valence-corrected chi connectivity index (χ3v) is 6.91. The molecule has 0 heterocycles. The summed E-state index contributed by atoms with van der Waals surface area (Å²) in [6, 6.07) is 27.0. The summed E-state index contributed by atoms with van der Waals surface area (Å²) in [6.45, 7) is 0.332. The molecule has 4 rings (SSSR count). The van der Waals surface area contributed by atoms with Crippen LogP contribution in [0.1, 0.15) is 48.8 Å². The van der Waals surface area contributed by atoms with E-state index in [4.69, 9.17) is 4.74 Å². The van der Waals surface area contributed by atoms with Crippen LogP contribution in [0.2, 0.25) is 0 Å².